The van der Waals surface area contributed by atoms with Gasteiger partial charge in [-0.25, -0.2) is 4.39 Å². The zero-order chi connectivity index (χ0) is 14.0. The highest BCUT2D eigenvalue weighted by Crippen LogP contribution is 2.26. The van der Waals surface area contributed by atoms with Crippen LogP contribution >= 0.6 is 11.6 Å². The summed E-state index contributed by atoms with van der Waals surface area (Å²) in [6.45, 7) is 4.84. The zero-order valence-electron chi connectivity index (χ0n) is 11.1. The maximum atomic E-state index is 13.1. The van der Waals surface area contributed by atoms with E-state index in [2.05, 4.69) is 5.32 Å². The predicted octanol–water partition coefficient (Wildman–Crippen LogP) is 2.67. The van der Waals surface area contributed by atoms with Crippen LogP contribution in [0.25, 0.3) is 0 Å². The summed E-state index contributed by atoms with van der Waals surface area (Å²) in [5.74, 6) is -0.422. The van der Waals surface area contributed by atoms with Crippen molar-refractivity contribution in [2.24, 2.45) is 0 Å². The predicted molar refractivity (Wildman–Crippen MR) is 72.8 cm³/mol. The summed E-state index contributed by atoms with van der Waals surface area (Å²) in [4.78, 5) is 0. The van der Waals surface area contributed by atoms with Crippen LogP contribution in [0.4, 0.5) is 4.39 Å². The highest BCUT2D eigenvalue weighted by Gasteiger charge is 2.39. The third-order valence-corrected chi connectivity index (χ3v) is 4.11. The molecule has 0 bridgehead atoms. The van der Waals surface area contributed by atoms with Gasteiger partial charge < -0.3 is 15.2 Å². The van der Waals surface area contributed by atoms with Crippen molar-refractivity contribution < 1.29 is 14.2 Å². The Kier molecular flexibility index (Phi) is 4.46. The molecule has 0 aliphatic carbocycles. The molecule has 106 valence electrons. The monoisotopic (exact) mass is 287 g/mol. The second kappa shape index (κ2) is 5.75. The Morgan fingerprint density at radius 1 is 1.63 bits per heavy atom. The first-order valence-electron chi connectivity index (χ1n) is 6.45. The molecule has 0 aromatic heterocycles. The number of halogens is 2. The Labute approximate surface area is 117 Å². The third kappa shape index (κ3) is 3.26. The molecule has 0 saturated carbocycles. The summed E-state index contributed by atoms with van der Waals surface area (Å²) < 4.78 is 18.5. The minimum Gasteiger partial charge on any atom is -0.386 e. The Hall–Kier alpha value is -0.680. The standard InChI is InChI=1S/C14H19ClFNO2/c1-9(11-3-4-13(16)12(15)7-11)17-8-14(18)5-6-19-10(14)2/h3-4,7,9-10,17-18H,5-6,8H2,1-2H3. The van der Waals surface area contributed by atoms with E-state index in [9.17, 15) is 9.50 Å². The van der Waals surface area contributed by atoms with Gasteiger partial charge in [-0.05, 0) is 31.5 Å². The van der Waals surface area contributed by atoms with Crippen LogP contribution in [-0.4, -0.2) is 30.0 Å². The van der Waals surface area contributed by atoms with Crippen LogP contribution in [0.2, 0.25) is 5.02 Å². The van der Waals surface area contributed by atoms with Gasteiger partial charge in [0.05, 0.1) is 11.1 Å². The smallest absolute Gasteiger partial charge is 0.141 e. The van der Waals surface area contributed by atoms with Crippen LogP contribution in [0.5, 0.6) is 0 Å². The molecule has 19 heavy (non-hydrogen) atoms. The summed E-state index contributed by atoms with van der Waals surface area (Å²) in [5.41, 5.74) is 0.0551. The molecule has 3 nitrogen and oxygen atoms in total. The lowest BCUT2D eigenvalue weighted by Crippen LogP contribution is -2.46. The van der Waals surface area contributed by atoms with Gasteiger partial charge in [0.25, 0.3) is 0 Å². The Morgan fingerprint density at radius 3 is 2.95 bits per heavy atom. The maximum Gasteiger partial charge on any atom is 0.141 e. The van der Waals surface area contributed by atoms with Crippen LogP contribution in [0.3, 0.4) is 0 Å². The van der Waals surface area contributed by atoms with Gasteiger partial charge in [0.15, 0.2) is 0 Å². The first-order valence-corrected chi connectivity index (χ1v) is 6.82. The number of rotatable bonds is 4. The molecule has 1 heterocycles. The number of aliphatic hydroxyl groups is 1. The molecule has 1 aromatic carbocycles. The van der Waals surface area contributed by atoms with E-state index in [1.54, 1.807) is 12.1 Å². The van der Waals surface area contributed by atoms with Crippen molar-refractivity contribution in [3.63, 3.8) is 0 Å². The molecule has 3 unspecified atom stereocenters. The summed E-state index contributed by atoms with van der Waals surface area (Å²) in [7, 11) is 0. The lowest BCUT2D eigenvalue weighted by Gasteiger charge is -2.28. The molecule has 5 heteroatoms. The van der Waals surface area contributed by atoms with Gasteiger partial charge in [-0.3, -0.25) is 0 Å². The largest absolute Gasteiger partial charge is 0.386 e. The maximum absolute atomic E-state index is 13.1. The molecule has 0 spiro atoms. The minimum atomic E-state index is -0.835. The summed E-state index contributed by atoms with van der Waals surface area (Å²) in [5, 5.41) is 13.7. The molecular weight excluding hydrogens is 269 g/mol. The highest BCUT2D eigenvalue weighted by atomic mass is 35.5. The Morgan fingerprint density at radius 2 is 2.37 bits per heavy atom. The molecule has 1 saturated heterocycles. The molecule has 1 aromatic rings. The van der Waals surface area contributed by atoms with Crippen molar-refractivity contribution in [2.45, 2.75) is 38.0 Å². The first kappa shape index (κ1) is 14.7. The zero-order valence-corrected chi connectivity index (χ0v) is 11.9. The molecular formula is C14H19ClFNO2. The fourth-order valence-corrected chi connectivity index (χ4v) is 2.42. The number of ether oxygens (including phenoxy) is 1. The van der Waals surface area contributed by atoms with E-state index in [4.69, 9.17) is 16.3 Å². The molecule has 0 amide bonds. The van der Waals surface area contributed by atoms with Gasteiger partial charge in [-0.1, -0.05) is 17.7 Å². The molecule has 1 aliphatic rings. The van der Waals surface area contributed by atoms with Crippen LogP contribution in [0.1, 0.15) is 31.9 Å². The van der Waals surface area contributed by atoms with Gasteiger partial charge >= 0.3 is 0 Å². The SMILES string of the molecule is CC(NCC1(O)CCOC1C)c1ccc(F)c(Cl)c1. The number of benzene rings is 1. The Balaban J connectivity index is 1.97. The number of hydrogen-bond donors (Lipinski definition) is 2. The first-order chi connectivity index (χ1) is 8.92. The van der Waals surface area contributed by atoms with E-state index in [0.717, 1.165) is 5.56 Å². The van der Waals surface area contributed by atoms with E-state index in [-0.39, 0.29) is 17.2 Å². The normalized spacial score (nSPS) is 28.6. The summed E-state index contributed by atoms with van der Waals surface area (Å²) in [6.07, 6.45) is 0.446. The molecule has 2 N–H and O–H groups in total. The van der Waals surface area contributed by atoms with Crippen LogP contribution in [-0.2, 0) is 4.74 Å². The van der Waals surface area contributed by atoms with Crippen LogP contribution in [0.15, 0.2) is 18.2 Å². The van der Waals surface area contributed by atoms with Crippen molar-refractivity contribution in [2.75, 3.05) is 13.2 Å². The van der Waals surface area contributed by atoms with Gasteiger partial charge in [0.2, 0.25) is 0 Å². The van der Waals surface area contributed by atoms with E-state index < -0.39 is 11.4 Å². The Bertz CT molecular complexity index is 457. The van der Waals surface area contributed by atoms with Crippen LogP contribution < -0.4 is 5.32 Å². The average molecular weight is 288 g/mol. The lowest BCUT2D eigenvalue weighted by atomic mass is 9.96. The second-order valence-electron chi connectivity index (χ2n) is 5.14. The average Bonchev–Trinajstić information content (AvgIpc) is 2.71. The lowest BCUT2D eigenvalue weighted by molar-refractivity contribution is -0.0274. The van der Waals surface area contributed by atoms with Crippen molar-refractivity contribution in [1.82, 2.24) is 5.32 Å². The van der Waals surface area contributed by atoms with Gasteiger partial charge in [0, 0.05) is 25.6 Å². The molecule has 2 rings (SSSR count). The van der Waals surface area contributed by atoms with Crippen molar-refractivity contribution >= 4 is 11.6 Å². The van der Waals surface area contributed by atoms with Crippen molar-refractivity contribution in [3.8, 4) is 0 Å². The quantitative estimate of drug-likeness (QED) is 0.895. The van der Waals surface area contributed by atoms with E-state index >= 15 is 0 Å². The highest BCUT2D eigenvalue weighted by molar-refractivity contribution is 6.30. The molecule has 1 fully saturated rings. The van der Waals surface area contributed by atoms with Gasteiger partial charge in [-0.2, -0.15) is 0 Å². The van der Waals surface area contributed by atoms with Crippen LogP contribution in [0, 0.1) is 5.82 Å². The second-order valence-corrected chi connectivity index (χ2v) is 5.55. The summed E-state index contributed by atoms with van der Waals surface area (Å²) in [6, 6.07) is 4.63. The van der Waals surface area contributed by atoms with Gasteiger partial charge in [-0.15, -0.1) is 0 Å². The molecule has 0 radical (unpaired) electrons. The van der Waals surface area contributed by atoms with Gasteiger partial charge in [0.1, 0.15) is 11.4 Å². The van der Waals surface area contributed by atoms with E-state index in [1.165, 1.54) is 6.07 Å². The fraction of sp³-hybridized carbons (Fsp3) is 0.571. The van der Waals surface area contributed by atoms with E-state index in [1.807, 2.05) is 13.8 Å². The third-order valence-electron chi connectivity index (χ3n) is 3.82. The van der Waals surface area contributed by atoms with Crippen molar-refractivity contribution in [1.29, 1.82) is 0 Å². The number of hydrogen-bond acceptors (Lipinski definition) is 3. The van der Waals surface area contributed by atoms with Crippen molar-refractivity contribution in [3.05, 3.63) is 34.6 Å². The molecule has 1 aliphatic heterocycles. The fourth-order valence-electron chi connectivity index (χ4n) is 2.23. The molecule has 3 atom stereocenters. The minimum absolute atomic E-state index is 0.0186. The number of nitrogens with one attached hydrogen (secondary N) is 1. The summed E-state index contributed by atoms with van der Waals surface area (Å²) >= 11 is 5.76. The van der Waals surface area contributed by atoms with E-state index in [0.29, 0.717) is 19.6 Å². The topological polar surface area (TPSA) is 41.5 Å².